The lowest BCUT2D eigenvalue weighted by molar-refractivity contribution is 0.0697. The van der Waals surface area contributed by atoms with E-state index in [0.29, 0.717) is 11.5 Å². The first-order valence-electron chi connectivity index (χ1n) is 10.7. The normalized spacial score (nSPS) is 17.2. The molecule has 0 spiro atoms. The van der Waals surface area contributed by atoms with E-state index in [4.69, 9.17) is 4.98 Å². The summed E-state index contributed by atoms with van der Waals surface area (Å²) in [5, 5.41) is 10.7. The monoisotopic (exact) mass is 400 g/mol. The molecule has 1 aromatic heterocycles. The number of aromatic nitrogens is 1. The maximum atomic E-state index is 12.2. The molecule has 1 heterocycles. The molecule has 0 radical (unpaired) electrons. The van der Waals surface area contributed by atoms with E-state index in [9.17, 15) is 9.90 Å². The number of pyridine rings is 1. The predicted molar refractivity (Wildman–Crippen MR) is 124 cm³/mol. The largest absolute Gasteiger partial charge is 0.478 e. The van der Waals surface area contributed by atoms with Crippen LogP contribution >= 0.6 is 0 Å². The Morgan fingerprint density at radius 3 is 2.47 bits per heavy atom. The second-order valence-corrected chi connectivity index (χ2v) is 8.08. The quantitative estimate of drug-likeness (QED) is 0.579. The van der Waals surface area contributed by atoms with Crippen LogP contribution in [0.25, 0.3) is 22.6 Å². The van der Waals surface area contributed by atoms with Gasteiger partial charge in [0.2, 0.25) is 0 Å². The first-order chi connectivity index (χ1) is 14.5. The van der Waals surface area contributed by atoms with Gasteiger partial charge in [0, 0.05) is 24.2 Å². The molecule has 1 aliphatic carbocycles. The zero-order valence-corrected chi connectivity index (χ0v) is 17.9. The molecule has 4 heteroatoms. The van der Waals surface area contributed by atoms with Gasteiger partial charge in [0.15, 0.2) is 0 Å². The summed E-state index contributed by atoms with van der Waals surface area (Å²) in [5.74, 6) is -0.498. The van der Waals surface area contributed by atoms with E-state index in [0.717, 1.165) is 59.2 Å². The first-order valence-corrected chi connectivity index (χ1v) is 10.7. The number of anilines is 1. The number of hydrogen-bond acceptors (Lipinski definition) is 3. The van der Waals surface area contributed by atoms with Crippen LogP contribution in [0, 0.1) is 5.92 Å². The maximum Gasteiger partial charge on any atom is 0.336 e. The predicted octanol–water partition coefficient (Wildman–Crippen LogP) is 5.90. The van der Waals surface area contributed by atoms with E-state index in [1.807, 2.05) is 24.3 Å². The Kier molecular flexibility index (Phi) is 5.58. The molecule has 0 saturated heterocycles. The lowest BCUT2D eigenvalue weighted by atomic mass is 9.80. The van der Waals surface area contributed by atoms with Gasteiger partial charge >= 0.3 is 5.97 Å². The molecule has 0 amide bonds. The van der Waals surface area contributed by atoms with Crippen LogP contribution in [0.4, 0.5) is 5.69 Å². The second-order valence-electron chi connectivity index (χ2n) is 8.08. The van der Waals surface area contributed by atoms with Crippen LogP contribution < -0.4 is 4.90 Å². The minimum absolute atomic E-state index is 0.375. The van der Waals surface area contributed by atoms with Gasteiger partial charge in [-0.3, -0.25) is 0 Å². The number of aromatic carboxylic acids is 1. The van der Waals surface area contributed by atoms with Crippen molar-refractivity contribution in [1.82, 2.24) is 4.98 Å². The first kappa shape index (κ1) is 20.1. The molecule has 0 aliphatic heterocycles. The summed E-state index contributed by atoms with van der Waals surface area (Å²) >= 11 is 0. The maximum absolute atomic E-state index is 12.2. The van der Waals surface area contributed by atoms with Gasteiger partial charge in [-0.1, -0.05) is 37.3 Å². The SMILES string of the molecule is CCN(CC)c1ccc(/C=C2\C[C@H](C)Cc3c2nc2ccccc2c3C(=O)O)cc1. The van der Waals surface area contributed by atoms with Gasteiger partial charge < -0.3 is 10.0 Å². The van der Waals surface area contributed by atoms with E-state index in [2.05, 4.69) is 56.0 Å². The average Bonchev–Trinajstić information content (AvgIpc) is 2.74. The summed E-state index contributed by atoms with van der Waals surface area (Å²) in [5.41, 5.74) is 6.32. The molecular formula is C26H28N2O2. The fourth-order valence-corrected chi connectivity index (χ4v) is 4.55. The molecule has 0 unspecified atom stereocenters. The van der Waals surface area contributed by atoms with Crippen molar-refractivity contribution in [3.8, 4) is 0 Å². The molecule has 30 heavy (non-hydrogen) atoms. The summed E-state index contributed by atoms with van der Waals surface area (Å²) in [7, 11) is 0. The Hall–Kier alpha value is -3.14. The molecule has 4 nitrogen and oxygen atoms in total. The number of allylic oxidation sites excluding steroid dienone is 1. The van der Waals surface area contributed by atoms with Gasteiger partial charge in [-0.25, -0.2) is 9.78 Å². The lowest BCUT2D eigenvalue weighted by Crippen LogP contribution is -2.21. The number of carboxylic acids is 1. The van der Waals surface area contributed by atoms with E-state index in [1.54, 1.807) is 0 Å². The molecule has 0 saturated carbocycles. The summed E-state index contributed by atoms with van der Waals surface area (Å²) in [6, 6.07) is 16.1. The van der Waals surface area contributed by atoms with Crippen molar-refractivity contribution in [3.63, 3.8) is 0 Å². The average molecular weight is 401 g/mol. The summed E-state index contributed by atoms with van der Waals surface area (Å²) in [6.07, 6.45) is 3.82. The number of benzene rings is 2. The van der Waals surface area contributed by atoms with Gasteiger partial charge in [0.05, 0.1) is 16.8 Å². The zero-order valence-electron chi connectivity index (χ0n) is 17.9. The van der Waals surface area contributed by atoms with Crippen molar-refractivity contribution < 1.29 is 9.90 Å². The van der Waals surface area contributed by atoms with Crippen LogP contribution in [-0.2, 0) is 6.42 Å². The summed E-state index contributed by atoms with van der Waals surface area (Å²) < 4.78 is 0. The number of para-hydroxylation sites is 1. The molecule has 1 atom stereocenters. The summed E-state index contributed by atoms with van der Waals surface area (Å²) in [4.78, 5) is 19.4. The molecule has 0 fully saturated rings. The highest BCUT2D eigenvalue weighted by atomic mass is 16.4. The third-order valence-electron chi connectivity index (χ3n) is 5.99. The molecular weight excluding hydrogens is 372 g/mol. The number of rotatable bonds is 5. The van der Waals surface area contributed by atoms with Crippen molar-refractivity contribution in [1.29, 1.82) is 0 Å². The molecule has 1 N–H and O–H groups in total. The van der Waals surface area contributed by atoms with E-state index in [-0.39, 0.29) is 0 Å². The van der Waals surface area contributed by atoms with Gasteiger partial charge in [0.25, 0.3) is 0 Å². The van der Waals surface area contributed by atoms with E-state index in [1.165, 1.54) is 5.69 Å². The number of carboxylic acid groups (broad SMARTS) is 1. The van der Waals surface area contributed by atoms with Crippen molar-refractivity contribution in [2.24, 2.45) is 5.92 Å². The zero-order chi connectivity index (χ0) is 21.3. The summed E-state index contributed by atoms with van der Waals surface area (Å²) in [6.45, 7) is 8.47. The van der Waals surface area contributed by atoms with Crippen LogP contribution in [0.3, 0.4) is 0 Å². The standard InChI is InChI=1S/C26H28N2O2/c1-4-28(5-2)20-12-10-18(11-13-20)16-19-14-17(3)15-22-24(26(29)30)21-8-6-7-9-23(21)27-25(19)22/h6-13,16-17H,4-5,14-15H2,1-3H3,(H,29,30)/b19-16+/t17-/m0/s1. The molecule has 1 aliphatic rings. The minimum atomic E-state index is -0.873. The van der Waals surface area contributed by atoms with E-state index >= 15 is 0 Å². The minimum Gasteiger partial charge on any atom is -0.478 e. The fraction of sp³-hybridized carbons (Fsp3) is 0.308. The van der Waals surface area contributed by atoms with Crippen molar-refractivity contribution >= 4 is 34.2 Å². The van der Waals surface area contributed by atoms with Gasteiger partial charge in [-0.15, -0.1) is 0 Å². The highest BCUT2D eigenvalue weighted by Gasteiger charge is 2.27. The van der Waals surface area contributed by atoms with Crippen molar-refractivity contribution in [2.75, 3.05) is 18.0 Å². The third kappa shape index (κ3) is 3.70. The van der Waals surface area contributed by atoms with Gasteiger partial charge in [0.1, 0.15) is 0 Å². The number of hydrogen-bond donors (Lipinski definition) is 1. The Morgan fingerprint density at radius 1 is 1.10 bits per heavy atom. The van der Waals surface area contributed by atoms with Crippen LogP contribution in [0.5, 0.6) is 0 Å². The van der Waals surface area contributed by atoms with Gasteiger partial charge in [-0.2, -0.15) is 0 Å². The third-order valence-corrected chi connectivity index (χ3v) is 5.99. The smallest absolute Gasteiger partial charge is 0.336 e. The van der Waals surface area contributed by atoms with Crippen molar-refractivity contribution in [2.45, 2.75) is 33.6 Å². The Bertz CT molecular complexity index is 1110. The van der Waals surface area contributed by atoms with Crippen LogP contribution in [0.1, 0.15) is 54.4 Å². The van der Waals surface area contributed by atoms with Gasteiger partial charge in [-0.05, 0) is 73.6 Å². The number of fused-ring (bicyclic) bond motifs is 2. The number of nitrogens with zero attached hydrogens (tertiary/aromatic N) is 2. The topological polar surface area (TPSA) is 53.4 Å². The number of carbonyl (C=O) groups is 1. The molecule has 154 valence electrons. The Labute approximate surface area is 177 Å². The van der Waals surface area contributed by atoms with Crippen LogP contribution in [-0.4, -0.2) is 29.1 Å². The lowest BCUT2D eigenvalue weighted by Gasteiger charge is -2.26. The fourth-order valence-electron chi connectivity index (χ4n) is 4.55. The molecule has 4 rings (SSSR count). The Balaban J connectivity index is 1.83. The molecule has 0 bridgehead atoms. The highest BCUT2D eigenvalue weighted by Crippen LogP contribution is 2.38. The second kappa shape index (κ2) is 8.31. The van der Waals surface area contributed by atoms with E-state index < -0.39 is 5.97 Å². The molecule has 2 aromatic carbocycles. The van der Waals surface area contributed by atoms with Crippen molar-refractivity contribution in [3.05, 3.63) is 70.9 Å². The van der Waals surface area contributed by atoms with Crippen LogP contribution in [0.15, 0.2) is 48.5 Å². The van der Waals surface area contributed by atoms with Crippen LogP contribution in [0.2, 0.25) is 0 Å². The molecule has 3 aromatic rings. The highest BCUT2D eigenvalue weighted by molar-refractivity contribution is 6.05. The Morgan fingerprint density at radius 2 is 1.80 bits per heavy atom.